The van der Waals surface area contributed by atoms with Crippen molar-refractivity contribution in [2.24, 2.45) is 5.73 Å². The van der Waals surface area contributed by atoms with E-state index in [0.29, 0.717) is 23.4 Å². The van der Waals surface area contributed by atoms with Crippen LogP contribution in [0.2, 0.25) is 0 Å². The van der Waals surface area contributed by atoms with E-state index < -0.39 is 0 Å². The van der Waals surface area contributed by atoms with Gasteiger partial charge < -0.3 is 10.3 Å². The zero-order chi connectivity index (χ0) is 15.7. The third-order valence-corrected chi connectivity index (χ3v) is 3.54. The molecule has 0 aliphatic rings. The monoisotopic (exact) mass is 294 g/mol. The molecule has 0 amide bonds. The van der Waals surface area contributed by atoms with Crippen LogP contribution < -0.4 is 5.73 Å². The topological polar surface area (TPSA) is 67.6 Å². The van der Waals surface area contributed by atoms with E-state index >= 15 is 0 Å². The van der Waals surface area contributed by atoms with E-state index in [1.54, 1.807) is 12.1 Å². The molecule has 110 valence electrons. The molecule has 0 radical (unpaired) electrons. The fourth-order valence-electron chi connectivity index (χ4n) is 2.56. The van der Waals surface area contributed by atoms with Crippen LogP contribution in [0.3, 0.4) is 0 Å². The molecule has 2 aromatic carbocycles. The van der Waals surface area contributed by atoms with Crippen molar-refractivity contribution >= 4 is 11.0 Å². The molecular weight excluding hydrogens is 279 g/mol. The van der Waals surface area contributed by atoms with Crippen molar-refractivity contribution in [2.45, 2.75) is 19.5 Å². The molecule has 1 atom stereocenters. The second kappa shape index (κ2) is 5.58. The first-order valence-corrected chi connectivity index (χ1v) is 6.99. The van der Waals surface area contributed by atoms with Crippen molar-refractivity contribution < 1.29 is 4.39 Å². The minimum absolute atomic E-state index is 0.269. The number of nitrogens with zero attached hydrogens (tertiary/aromatic N) is 3. The summed E-state index contributed by atoms with van der Waals surface area (Å²) < 4.78 is 15.4. The highest BCUT2D eigenvalue weighted by Gasteiger charge is 2.15. The van der Waals surface area contributed by atoms with Gasteiger partial charge in [0.25, 0.3) is 0 Å². The SMILES string of the molecule is CC(N)c1nc2cc(F)ccc2n1Cc1cccc(C#N)c1. The van der Waals surface area contributed by atoms with Crippen molar-refractivity contribution in [1.82, 2.24) is 9.55 Å². The average Bonchev–Trinajstić information content (AvgIpc) is 2.85. The number of rotatable bonds is 3. The molecule has 4 nitrogen and oxygen atoms in total. The molecule has 5 heteroatoms. The van der Waals surface area contributed by atoms with Crippen molar-refractivity contribution in [3.8, 4) is 6.07 Å². The summed E-state index contributed by atoms with van der Waals surface area (Å²) in [6.07, 6.45) is 0. The maximum Gasteiger partial charge on any atom is 0.126 e. The Kier molecular flexibility index (Phi) is 3.61. The van der Waals surface area contributed by atoms with Crippen LogP contribution in [0.1, 0.15) is 29.9 Å². The van der Waals surface area contributed by atoms with Gasteiger partial charge in [0.2, 0.25) is 0 Å². The molecule has 3 rings (SSSR count). The highest BCUT2D eigenvalue weighted by atomic mass is 19.1. The molecule has 1 aromatic heterocycles. The van der Waals surface area contributed by atoms with Gasteiger partial charge in [-0.05, 0) is 36.8 Å². The number of hydrogen-bond donors (Lipinski definition) is 1. The normalized spacial score (nSPS) is 12.3. The van der Waals surface area contributed by atoms with E-state index in [-0.39, 0.29) is 11.9 Å². The number of hydrogen-bond acceptors (Lipinski definition) is 3. The molecule has 0 saturated heterocycles. The molecule has 0 spiro atoms. The maximum atomic E-state index is 13.4. The van der Waals surface area contributed by atoms with E-state index in [4.69, 9.17) is 11.0 Å². The third-order valence-electron chi connectivity index (χ3n) is 3.54. The smallest absolute Gasteiger partial charge is 0.126 e. The number of fused-ring (bicyclic) bond motifs is 1. The summed E-state index contributed by atoms with van der Waals surface area (Å²) >= 11 is 0. The zero-order valence-corrected chi connectivity index (χ0v) is 12.1. The summed E-state index contributed by atoms with van der Waals surface area (Å²) in [6.45, 7) is 2.38. The molecule has 0 bridgehead atoms. The molecule has 0 saturated carbocycles. The van der Waals surface area contributed by atoms with Gasteiger partial charge in [-0.2, -0.15) is 5.26 Å². The largest absolute Gasteiger partial charge is 0.322 e. The minimum Gasteiger partial charge on any atom is -0.322 e. The fraction of sp³-hybridized carbons (Fsp3) is 0.176. The molecule has 2 N–H and O–H groups in total. The summed E-state index contributed by atoms with van der Waals surface area (Å²) in [5.74, 6) is 0.378. The van der Waals surface area contributed by atoms with Crippen LogP contribution in [0, 0.1) is 17.1 Å². The highest BCUT2D eigenvalue weighted by molar-refractivity contribution is 5.76. The van der Waals surface area contributed by atoms with Crippen molar-refractivity contribution in [3.05, 3.63) is 65.2 Å². The molecule has 0 aliphatic heterocycles. The van der Waals surface area contributed by atoms with Crippen LogP contribution in [0.15, 0.2) is 42.5 Å². The van der Waals surface area contributed by atoms with Crippen LogP contribution in [0.25, 0.3) is 11.0 Å². The quantitative estimate of drug-likeness (QED) is 0.807. The summed E-state index contributed by atoms with van der Waals surface area (Å²) in [5, 5.41) is 9.00. The number of benzene rings is 2. The lowest BCUT2D eigenvalue weighted by Gasteiger charge is -2.11. The second-order valence-electron chi connectivity index (χ2n) is 5.29. The zero-order valence-electron chi connectivity index (χ0n) is 12.1. The van der Waals surface area contributed by atoms with Gasteiger partial charge in [0.15, 0.2) is 0 Å². The average molecular weight is 294 g/mol. The van der Waals surface area contributed by atoms with Gasteiger partial charge in [-0.1, -0.05) is 12.1 Å². The van der Waals surface area contributed by atoms with E-state index in [2.05, 4.69) is 11.1 Å². The van der Waals surface area contributed by atoms with Gasteiger partial charge in [-0.3, -0.25) is 0 Å². The van der Waals surface area contributed by atoms with E-state index in [0.717, 1.165) is 11.1 Å². The number of nitrogens with two attached hydrogens (primary N) is 1. The fourth-order valence-corrected chi connectivity index (χ4v) is 2.56. The number of imidazole rings is 1. The first kappa shape index (κ1) is 14.2. The van der Waals surface area contributed by atoms with Gasteiger partial charge in [0.05, 0.1) is 28.7 Å². The summed E-state index contributed by atoms with van der Waals surface area (Å²) in [4.78, 5) is 4.44. The van der Waals surface area contributed by atoms with E-state index in [9.17, 15) is 4.39 Å². The van der Waals surface area contributed by atoms with Gasteiger partial charge in [-0.15, -0.1) is 0 Å². The minimum atomic E-state index is -0.320. The van der Waals surface area contributed by atoms with Gasteiger partial charge in [0.1, 0.15) is 11.6 Å². The Morgan fingerprint density at radius 1 is 1.32 bits per heavy atom. The Morgan fingerprint density at radius 2 is 2.14 bits per heavy atom. The molecule has 0 fully saturated rings. The maximum absolute atomic E-state index is 13.4. The lowest BCUT2D eigenvalue weighted by molar-refractivity contribution is 0.629. The molecule has 0 aliphatic carbocycles. The number of aromatic nitrogens is 2. The van der Waals surface area contributed by atoms with Crippen LogP contribution >= 0.6 is 0 Å². The summed E-state index contributed by atoms with van der Waals surface area (Å²) in [6, 6.07) is 13.8. The van der Waals surface area contributed by atoms with Crippen LogP contribution in [-0.4, -0.2) is 9.55 Å². The van der Waals surface area contributed by atoms with E-state index in [1.165, 1.54) is 12.1 Å². The lowest BCUT2D eigenvalue weighted by atomic mass is 10.1. The van der Waals surface area contributed by atoms with Gasteiger partial charge in [-0.25, -0.2) is 9.37 Å². The first-order valence-electron chi connectivity index (χ1n) is 6.99. The third kappa shape index (κ3) is 2.57. The van der Waals surface area contributed by atoms with Crippen LogP contribution in [-0.2, 0) is 6.54 Å². The van der Waals surface area contributed by atoms with Crippen LogP contribution in [0.5, 0.6) is 0 Å². The number of halogens is 1. The Balaban J connectivity index is 2.12. The lowest BCUT2D eigenvalue weighted by Crippen LogP contribution is -2.14. The Labute approximate surface area is 127 Å². The first-order chi connectivity index (χ1) is 10.6. The standard InChI is InChI=1S/C17H15FN4/c1-11(20)17-21-15-8-14(18)5-6-16(15)22(17)10-13-4-2-3-12(7-13)9-19/h2-8,11H,10,20H2,1H3. The molecule has 22 heavy (non-hydrogen) atoms. The molecule has 1 unspecified atom stereocenters. The van der Waals surface area contributed by atoms with E-state index in [1.807, 2.05) is 29.7 Å². The molecule has 1 heterocycles. The van der Waals surface area contributed by atoms with Crippen molar-refractivity contribution in [1.29, 1.82) is 5.26 Å². The second-order valence-corrected chi connectivity index (χ2v) is 5.29. The van der Waals surface area contributed by atoms with Gasteiger partial charge in [0, 0.05) is 12.6 Å². The Bertz CT molecular complexity index is 874. The highest BCUT2D eigenvalue weighted by Crippen LogP contribution is 2.22. The van der Waals surface area contributed by atoms with Crippen LogP contribution in [0.4, 0.5) is 4.39 Å². The van der Waals surface area contributed by atoms with Gasteiger partial charge >= 0.3 is 0 Å². The van der Waals surface area contributed by atoms with Crippen molar-refractivity contribution in [3.63, 3.8) is 0 Å². The summed E-state index contributed by atoms with van der Waals surface area (Å²) in [7, 11) is 0. The van der Waals surface area contributed by atoms with Crippen molar-refractivity contribution in [2.75, 3.05) is 0 Å². The predicted molar refractivity (Wildman–Crippen MR) is 82.6 cm³/mol. The summed E-state index contributed by atoms with van der Waals surface area (Å²) in [5.41, 5.74) is 9.00. The molecular formula is C17H15FN4. The Morgan fingerprint density at radius 3 is 2.86 bits per heavy atom. The number of nitriles is 1. The predicted octanol–water partition coefficient (Wildman–Crippen LogP) is 3.12. The molecule has 3 aromatic rings. The Hall–Kier alpha value is -2.71.